The van der Waals surface area contributed by atoms with Crippen LogP contribution in [0.5, 0.6) is 0 Å². The van der Waals surface area contributed by atoms with Gasteiger partial charge in [0.1, 0.15) is 5.76 Å². The Hall–Kier alpha value is -0.830. The molecule has 0 radical (unpaired) electrons. The minimum atomic E-state index is 0.572. The van der Waals surface area contributed by atoms with Crippen molar-refractivity contribution < 1.29 is 4.52 Å². The average Bonchev–Trinajstić information content (AvgIpc) is 2.64. The van der Waals surface area contributed by atoms with Crippen LogP contribution in [0.15, 0.2) is 4.52 Å². The zero-order chi connectivity index (χ0) is 8.55. The van der Waals surface area contributed by atoms with E-state index in [1.807, 2.05) is 6.92 Å². The van der Waals surface area contributed by atoms with Crippen LogP contribution in [-0.4, -0.2) is 18.2 Å². The molecule has 1 saturated heterocycles. The Balaban J connectivity index is 2.26. The minimum absolute atomic E-state index is 0.572. The van der Waals surface area contributed by atoms with E-state index >= 15 is 0 Å². The van der Waals surface area contributed by atoms with Gasteiger partial charge in [-0.25, -0.2) is 0 Å². The largest absolute Gasteiger partial charge is 0.361 e. The third-order valence-corrected chi connectivity index (χ3v) is 2.64. The van der Waals surface area contributed by atoms with Gasteiger partial charge in [0.25, 0.3) is 0 Å². The molecule has 1 N–H and O–H groups in total. The molecule has 1 unspecified atom stereocenters. The fourth-order valence-corrected chi connectivity index (χ4v) is 1.70. The lowest BCUT2D eigenvalue weighted by molar-refractivity contribution is 0.386. The maximum absolute atomic E-state index is 5.13. The van der Waals surface area contributed by atoms with Crippen molar-refractivity contribution in [3.05, 3.63) is 17.0 Å². The van der Waals surface area contributed by atoms with Gasteiger partial charge in [0, 0.05) is 18.0 Å². The Morgan fingerprint density at radius 1 is 1.50 bits per heavy atom. The highest BCUT2D eigenvalue weighted by atomic mass is 16.5. The summed E-state index contributed by atoms with van der Waals surface area (Å²) in [4.78, 5) is 0. The molecule has 1 aliphatic rings. The maximum atomic E-state index is 5.13. The second-order valence-corrected chi connectivity index (χ2v) is 3.44. The smallest absolute Gasteiger partial charge is 0.136 e. The first-order valence-corrected chi connectivity index (χ1v) is 4.42. The van der Waals surface area contributed by atoms with Gasteiger partial charge in [-0.05, 0) is 26.8 Å². The van der Waals surface area contributed by atoms with Gasteiger partial charge in [-0.2, -0.15) is 0 Å². The molecule has 1 aliphatic heterocycles. The van der Waals surface area contributed by atoms with Crippen LogP contribution in [0.2, 0.25) is 0 Å². The van der Waals surface area contributed by atoms with Crippen molar-refractivity contribution in [1.82, 2.24) is 10.5 Å². The van der Waals surface area contributed by atoms with Gasteiger partial charge in [-0.1, -0.05) is 5.16 Å². The Morgan fingerprint density at radius 2 is 2.33 bits per heavy atom. The lowest BCUT2D eigenvalue weighted by atomic mass is 10.0. The first-order valence-electron chi connectivity index (χ1n) is 4.42. The summed E-state index contributed by atoms with van der Waals surface area (Å²) in [5, 5.41) is 7.41. The molecular weight excluding hydrogens is 152 g/mol. The zero-order valence-corrected chi connectivity index (χ0v) is 7.55. The lowest BCUT2D eigenvalue weighted by Crippen LogP contribution is -2.08. The van der Waals surface area contributed by atoms with Crippen molar-refractivity contribution in [2.45, 2.75) is 26.2 Å². The fourth-order valence-electron chi connectivity index (χ4n) is 1.70. The number of hydrogen-bond donors (Lipinski definition) is 1. The van der Waals surface area contributed by atoms with Gasteiger partial charge in [0.05, 0.1) is 5.69 Å². The van der Waals surface area contributed by atoms with Gasteiger partial charge in [-0.3, -0.25) is 0 Å². The summed E-state index contributed by atoms with van der Waals surface area (Å²) in [6.45, 7) is 6.20. The normalized spacial score (nSPS) is 23.3. The maximum Gasteiger partial charge on any atom is 0.136 e. The number of aryl methyl sites for hydroxylation is 1. The van der Waals surface area contributed by atoms with E-state index in [1.165, 1.54) is 12.0 Å². The predicted molar refractivity (Wildman–Crippen MR) is 46.2 cm³/mol. The van der Waals surface area contributed by atoms with E-state index in [-0.39, 0.29) is 0 Å². The Kier molecular flexibility index (Phi) is 1.89. The monoisotopic (exact) mass is 166 g/mol. The second kappa shape index (κ2) is 2.90. The van der Waals surface area contributed by atoms with Gasteiger partial charge in [-0.15, -0.1) is 0 Å². The third kappa shape index (κ3) is 1.14. The molecule has 12 heavy (non-hydrogen) atoms. The molecule has 0 aliphatic carbocycles. The molecule has 0 saturated carbocycles. The van der Waals surface area contributed by atoms with Crippen molar-refractivity contribution in [1.29, 1.82) is 0 Å². The van der Waals surface area contributed by atoms with Crippen LogP contribution in [0, 0.1) is 13.8 Å². The number of aromatic nitrogens is 1. The summed E-state index contributed by atoms with van der Waals surface area (Å²) in [5.41, 5.74) is 2.38. The zero-order valence-electron chi connectivity index (χ0n) is 7.55. The molecule has 3 nitrogen and oxygen atoms in total. The van der Waals surface area contributed by atoms with Crippen molar-refractivity contribution in [2.24, 2.45) is 0 Å². The van der Waals surface area contributed by atoms with Crippen LogP contribution >= 0.6 is 0 Å². The number of rotatable bonds is 1. The topological polar surface area (TPSA) is 38.1 Å². The summed E-state index contributed by atoms with van der Waals surface area (Å²) in [6.07, 6.45) is 1.19. The molecule has 3 heteroatoms. The SMILES string of the molecule is Cc1onc(C2CCNC2)c1C. The van der Waals surface area contributed by atoms with Crippen molar-refractivity contribution in [3.63, 3.8) is 0 Å². The molecular formula is C9H14N2O. The average molecular weight is 166 g/mol. The van der Waals surface area contributed by atoms with E-state index in [1.54, 1.807) is 0 Å². The summed E-state index contributed by atoms with van der Waals surface area (Å²) < 4.78 is 5.13. The quantitative estimate of drug-likeness (QED) is 0.684. The molecule has 2 rings (SSSR count). The highest BCUT2D eigenvalue weighted by Crippen LogP contribution is 2.25. The number of nitrogens with zero attached hydrogens (tertiary/aromatic N) is 1. The molecule has 0 spiro atoms. The summed E-state index contributed by atoms with van der Waals surface area (Å²) >= 11 is 0. The molecule has 1 aromatic heterocycles. The Bertz CT molecular complexity index is 274. The number of hydrogen-bond acceptors (Lipinski definition) is 3. The minimum Gasteiger partial charge on any atom is -0.361 e. The summed E-state index contributed by atoms with van der Waals surface area (Å²) in [7, 11) is 0. The van der Waals surface area contributed by atoms with Gasteiger partial charge >= 0.3 is 0 Å². The van der Waals surface area contributed by atoms with E-state index in [0.29, 0.717) is 5.92 Å². The molecule has 0 bridgehead atoms. The van der Waals surface area contributed by atoms with Gasteiger partial charge < -0.3 is 9.84 Å². The highest BCUT2D eigenvalue weighted by Gasteiger charge is 2.22. The third-order valence-electron chi connectivity index (χ3n) is 2.64. The first-order chi connectivity index (χ1) is 5.79. The van der Waals surface area contributed by atoms with E-state index in [0.717, 1.165) is 24.5 Å². The van der Waals surface area contributed by atoms with Crippen molar-refractivity contribution in [3.8, 4) is 0 Å². The van der Waals surface area contributed by atoms with Crippen LogP contribution in [0.25, 0.3) is 0 Å². The summed E-state index contributed by atoms with van der Waals surface area (Å²) in [5.74, 6) is 1.53. The van der Waals surface area contributed by atoms with Crippen LogP contribution in [-0.2, 0) is 0 Å². The highest BCUT2D eigenvalue weighted by molar-refractivity contribution is 5.24. The van der Waals surface area contributed by atoms with Crippen LogP contribution in [0.3, 0.4) is 0 Å². The summed E-state index contributed by atoms with van der Waals surface area (Å²) in [6, 6.07) is 0. The van der Waals surface area contributed by atoms with Crippen LogP contribution in [0.4, 0.5) is 0 Å². The van der Waals surface area contributed by atoms with E-state index in [9.17, 15) is 0 Å². The lowest BCUT2D eigenvalue weighted by Gasteiger charge is -2.03. The van der Waals surface area contributed by atoms with E-state index in [4.69, 9.17) is 4.52 Å². The Morgan fingerprint density at radius 3 is 2.83 bits per heavy atom. The van der Waals surface area contributed by atoms with Crippen LogP contribution < -0.4 is 5.32 Å². The molecule has 1 aromatic rings. The standard InChI is InChI=1S/C9H14N2O/c1-6-7(2)12-11-9(6)8-3-4-10-5-8/h8,10H,3-5H2,1-2H3. The second-order valence-electron chi connectivity index (χ2n) is 3.44. The van der Waals surface area contributed by atoms with Crippen LogP contribution in [0.1, 0.15) is 29.4 Å². The predicted octanol–water partition coefficient (Wildman–Crippen LogP) is 1.37. The van der Waals surface area contributed by atoms with Crippen molar-refractivity contribution >= 4 is 0 Å². The fraction of sp³-hybridized carbons (Fsp3) is 0.667. The first kappa shape index (κ1) is 7.80. The molecule has 2 heterocycles. The Labute approximate surface area is 72.1 Å². The molecule has 1 fully saturated rings. The number of nitrogens with one attached hydrogen (secondary N) is 1. The van der Waals surface area contributed by atoms with Gasteiger partial charge in [0.2, 0.25) is 0 Å². The molecule has 0 amide bonds. The molecule has 0 aromatic carbocycles. The van der Waals surface area contributed by atoms with Crippen molar-refractivity contribution in [2.75, 3.05) is 13.1 Å². The van der Waals surface area contributed by atoms with E-state index < -0.39 is 0 Å². The van der Waals surface area contributed by atoms with E-state index in [2.05, 4.69) is 17.4 Å². The molecule has 66 valence electrons. The van der Waals surface area contributed by atoms with Gasteiger partial charge in [0.15, 0.2) is 0 Å². The molecule has 1 atom stereocenters.